The molecule has 0 aliphatic carbocycles. The molecule has 1 amide bonds. The lowest BCUT2D eigenvalue weighted by atomic mass is 10.1. The quantitative estimate of drug-likeness (QED) is 0.845. The van der Waals surface area contributed by atoms with Crippen LogP contribution in [0.5, 0.6) is 0 Å². The zero-order valence-electron chi connectivity index (χ0n) is 15.8. The summed E-state index contributed by atoms with van der Waals surface area (Å²) in [4.78, 5) is 14.8. The fourth-order valence-corrected chi connectivity index (χ4v) is 4.59. The molecule has 6 nitrogen and oxygen atoms in total. The Hall–Kier alpha value is -2.38. The van der Waals surface area contributed by atoms with E-state index in [0.717, 1.165) is 18.7 Å². The number of aryl methyl sites for hydroxylation is 2. The van der Waals surface area contributed by atoms with Gasteiger partial charge in [0.25, 0.3) is 15.9 Å². The molecule has 1 fully saturated rings. The van der Waals surface area contributed by atoms with E-state index in [1.54, 1.807) is 43.3 Å². The first kappa shape index (κ1) is 19.4. The molecule has 1 aliphatic heterocycles. The second-order valence-corrected chi connectivity index (χ2v) is 8.65. The average Bonchev–Trinajstić information content (AvgIpc) is 2.64. The number of benzene rings is 2. The molecule has 1 aliphatic rings. The van der Waals surface area contributed by atoms with E-state index in [9.17, 15) is 13.2 Å². The Morgan fingerprint density at radius 1 is 1.15 bits per heavy atom. The summed E-state index contributed by atoms with van der Waals surface area (Å²) in [5.41, 5.74) is 2.55. The van der Waals surface area contributed by atoms with Gasteiger partial charge in [-0.3, -0.25) is 9.52 Å². The Morgan fingerprint density at radius 2 is 1.85 bits per heavy atom. The third kappa shape index (κ3) is 4.31. The second-order valence-electron chi connectivity index (χ2n) is 7.00. The number of rotatable bonds is 4. The normalized spacial score (nSPS) is 17.6. The van der Waals surface area contributed by atoms with Crippen LogP contribution in [0.4, 0.5) is 5.69 Å². The lowest BCUT2D eigenvalue weighted by Gasteiger charge is -2.34. The van der Waals surface area contributed by atoms with E-state index in [2.05, 4.69) is 10.0 Å². The van der Waals surface area contributed by atoms with Crippen molar-refractivity contribution in [3.05, 3.63) is 59.2 Å². The number of carbonyl (C=O) groups excluding carboxylic acids is 1. The molecule has 2 aromatic carbocycles. The molecule has 2 N–H and O–H groups in total. The van der Waals surface area contributed by atoms with E-state index in [1.165, 1.54) is 0 Å². The van der Waals surface area contributed by atoms with Gasteiger partial charge in [0.1, 0.15) is 0 Å². The van der Waals surface area contributed by atoms with E-state index in [1.807, 2.05) is 24.8 Å². The van der Waals surface area contributed by atoms with Crippen LogP contribution in [0.15, 0.2) is 47.4 Å². The highest BCUT2D eigenvalue weighted by atomic mass is 32.2. The molecule has 1 heterocycles. The number of piperazine rings is 1. The van der Waals surface area contributed by atoms with E-state index < -0.39 is 10.0 Å². The molecule has 0 spiro atoms. The standard InChI is InChI=1S/C20H25N3O3S/c1-14-4-5-15(2)19(12-14)27(25,26)22-18-8-6-17(7-9-18)20(24)23-11-10-21-13-16(23)3/h4-9,12,16,21-22H,10-11,13H2,1-3H3. The predicted octanol–water partition coefficient (Wildman–Crippen LogP) is 2.54. The Labute approximate surface area is 160 Å². The van der Waals surface area contributed by atoms with Crippen LogP contribution in [0.2, 0.25) is 0 Å². The van der Waals surface area contributed by atoms with Gasteiger partial charge in [-0.2, -0.15) is 0 Å². The number of carbonyl (C=O) groups is 1. The molecule has 0 radical (unpaired) electrons. The van der Waals surface area contributed by atoms with Crippen molar-refractivity contribution < 1.29 is 13.2 Å². The molecule has 0 bridgehead atoms. The van der Waals surface area contributed by atoms with Crippen molar-refractivity contribution in [2.75, 3.05) is 24.4 Å². The minimum atomic E-state index is -3.68. The molecule has 1 unspecified atom stereocenters. The number of amides is 1. The fourth-order valence-electron chi connectivity index (χ4n) is 3.20. The average molecular weight is 388 g/mol. The van der Waals surface area contributed by atoms with E-state index in [0.29, 0.717) is 23.4 Å². The summed E-state index contributed by atoms with van der Waals surface area (Å²) in [6.45, 7) is 7.86. The summed E-state index contributed by atoms with van der Waals surface area (Å²) in [6.07, 6.45) is 0. The summed E-state index contributed by atoms with van der Waals surface area (Å²) in [5.74, 6) is -0.0343. The minimum Gasteiger partial charge on any atom is -0.333 e. The van der Waals surface area contributed by atoms with E-state index in [4.69, 9.17) is 0 Å². The van der Waals surface area contributed by atoms with Gasteiger partial charge in [0, 0.05) is 36.9 Å². The van der Waals surface area contributed by atoms with Crippen LogP contribution in [0.25, 0.3) is 0 Å². The third-order valence-corrected chi connectivity index (χ3v) is 6.30. The third-order valence-electron chi connectivity index (χ3n) is 4.78. The van der Waals surface area contributed by atoms with Crippen molar-refractivity contribution in [1.82, 2.24) is 10.2 Å². The predicted molar refractivity (Wildman–Crippen MR) is 107 cm³/mol. The first-order valence-electron chi connectivity index (χ1n) is 9.00. The van der Waals surface area contributed by atoms with Gasteiger partial charge >= 0.3 is 0 Å². The lowest BCUT2D eigenvalue weighted by molar-refractivity contribution is 0.0656. The van der Waals surface area contributed by atoms with Crippen LogP contribution in [-0.2, 0) is 10.0 Å². The summed E-state index contributed by atoms with van der Waals surface area (Å²) in [7, 11) is -3.68. The van der Waals surface area contributed by atoms with Gasteiger partial charge < -0.3 is 10.2 Å². The van der Waals surface area contributed by atoms with Crippen molar-refractivity contribution in [2.24, 2.45) is 0 Å². The molecule has 1 saturated heterocycles. The molecule has 0 saturated carbocycles. The Balaban J connectivity index is 1.77. The van der Waals surface area contributed by atoms with Crippen molar-refractivity contribution in [1.29, 1.82) is 0 Å². The zero-order chi connectivity index (χ0) is 19.6. The number of nitrogens with one attached hydrogen (secondary N) is 2. The summed E-state index contributed by atoms with van der Waals surface area (Å²) >= 11 is 0. The maximum absolute atomic E-state index is 12.7. The molecule has 1 atom stereocenters. The molecular weight excluding hydrogens is 362 g/mol. The minimum absolute atomic E-state index is 0.0343. The summed E-state index contributed by atoms with van der Waals surface area (Å²) in [5, 5.41) is 3.26. The van der Waals surface area contributed by atoms with Gasteiger partial charge in [0.15, 0.2) is 0 Å². The Bertz CT molecular complexity index is 939. The first-order valence-corrected chi connectivity index (χ1v) is 10.5. The number of hydrogen-bond donors (Lipinski definition) is 2. The van der Waals surface area contributed by atoms with Crippen molar-refractivity contribution >= 4 is 21.6 Å². The zero-order valence-corrected chi connectivity index (χ0v) is 16.6. The number of nitrogens with zero attached hydrogens (tertiary/aromatic N) is 1. The van der Waals surface area contributed by atoms with Crippen LogP contribution in [0.3, 0.4) is 0 Å². The van der Waals surface area contributed by atoms with Gasteiger partial charge in [0.2, 0.25) is 0 Å². The van der Waals surface area contributed by atoms with Crippen LogP contribution >= 0.6 is 0 Å². The number of hydrogen-bond acceptors (Lipinski definition) is 4. The van der Waals surface area contributed by atoms with Gasteiger partial charge in [-0.05, 0) is 62.2 Å². The van der Waals surface area contributed by atoms with Crippen LogP contribution < -0.4 is 10.0 Å². The Morgan fingerprint density at radius 3 is 2.52 bits per heavy atom. The van der Waals surface area contributed by atoms with Crippen LogP contribution in [0.1, 0.15) is 28.4 Å². The largest absolute Gasteiger partial charge is 0.333 e. The molecule has 27 heavy (non-hydrogen) atoms. The smallest absolute Gasteiger partial charge is 0.262 e. The maximum Gasteiger partial charge on any atom is 0.262 e. The molecule has 3 rings (SSSR count). The van der Waals surface area contributed by atoms with Crippen molar-refractivity contribution in [2.45, 2.75) is 31.7 Å². The van der Waals surface area contributed by atoms with E-state index >= 15 is 0 Å². The first-order chi connectivity index (χ1) is 12.8. The number of anilines is 1. The molecule has 2 aromatic rings. The summed E-state index contributed by atoms with van der Waals surface area (Å²) in [6, 6.07) is 12.0. The second kappa shape index (κ2) is 7.70. The lowest BCUT2D eigenvalue weighted by Crippen LogP contribution is -2.52. The van der Waals surface area contributed by atoms with Crippen molar-refractivity contribution in [3.8, 4) is 0 Å². The fraction of sp³-hybridized carbons (Fsp3) is 0.350. The van der Waals surface area contributed by atoms with Gasteiger partial charge in [0.05, 0.1) is 4.90 Å². The molecular formula is C20H25N3O3S. The van der Waals surface area contributed by atoms with Crippen molar-refractivity contribution in [3.63, 3.8) is 0 Å². The van der Waals surface area contributed by atoms with E-state index in [-0.39, 0.29) is 16.8 Å². The van der Waals surface area contributed by atoms with Gasteiger partial charge in [-0.1, -0.05) is 12.1 Å². The Kier molecular flexibility index (Phi) is 5.53. The highest BCUT2D eigenvalue weighted by molar-refractivity contribution is 7.92. The van der Waals surface area contributed by atoms with Gasteiger partial charge in [-0.25, -0.2) is 8.42 Å². The molecule has 7 heteroatoms. The topological polar surface area (TPSA) is 78.5 Å². The molecule has 0 aromatic heterocycles. The SMILES string of the molecule is Cc1ccc(C)c(S(=O)(=O)Nc2ccc(C(=O)N3CCNCC3C)cc2)c1. The maximum atomic E-state index is 12.7. The highest BCUT2D eigenvalue weighted by Crippen LogP contribution is 2.21. The molecule has 144 valence electrons. The number of sulfonamides is 1. The summed E-state index contributed by atoms with van der Waals surface area (Å²) < 4.78 is 28.0. The van der Waals surface area contributed by atoms with Gasteiger partial charge in [-0.15, -0.1) is 0 Å². The monoisotopic (exact) mass is 387 g/mol. The van der Waals surface area contributed by atoms with Crippen LogP contribution in [-0.4, -0.2) is 44.9 Å². The van der Waals surface area contributed by atoms with Crippen LogP contribution in [0, 0.1) is 13.8 Å². The highest BCUT2D eigenvalue weighted by Gasteiger charge is 2.24.